The van der Waals surface area contributed by atoms with E-state index in [2.05, 4.69) is 48.6 Å². The summed E-state index contributed by atoms with van der Waals surface area (Å²) in [6.07, 6.45) is 14.7. The summed E-state index contributed by atoms with van der Waals surface area (Å²) in [5.74, 6) is 4.12. The molecule has 3 aliphatic carbocycles. The number of nitrogens with zero attached hydrogens (tertiary/aromatic N) is 3. The van der Waals surface area contributed by atoms with E-state index < -0.39 is 0 Å². The highest BCUT2D eigenvalue weighted by molar-refractivity contribution is 5.89. The number of hydrogen-bond acceptors (Lipinski definition) is 4. The van der Waals surface area contributed by atoms with Crippen molar-refractivity contribution in [1.29, 1.82) is 0 Å². The molecule has 33 heavy (non-hydrogen) atoms. The summed E-state index contributed by atoms with van der Waals surface area (Å²) in [7, 11) is 4.12. The van der Waals surface area contributed by atoms with Gasteiger partial charge in [0, 0.05) is 38.4 Å². The molecule has 5 nitrogen and oxygen atoms in total. The van der Waals surface area contributed by atoms with Crippen LogP contribution in [0.15, 0.2) is 24.3 Å². The van der Waals surface area contributed by atoms with E-state index in [1.54, 1.807) is 0 Å². The van der Waals surface area contributed by atoms with Gasteiger partial charge in [0.15, 0.2) is 0 Å². The quantitative estimate of drug-likeness (QED) is 0.606. The summed E-state index contributed by atoms with van der Waals surface area (Å²) in [4.78, 5) is 24.3. The van der Waals surface area contributed by atoms with Gasteiger partial charge in [0.25, 0.3) is 0 Å². The van der Waals surface area contributed by atoms with Crippen molar-refractivity contribution in [3.8, 4) is 0 Å². The number of aryl methyl sites for hydroxylation is 1. The lowest BCUT2D eigenvalue weighted by Crippen LogP contribution is -2.36. The number of anilines is 1. The molecule has 1 heterocycles. The van der Waals surface area contributed by atoms with Crippen LogP contribution in [0.3, 0.4) is 0 Å². The lowest BCUT2D eigenvalue weighted by molar-refractivity contribution is -0.126. The molecule has 1 N–H and O–H groups in total. The summed E-state index contributed by atoms with van der Waals surface area (Å²) >= 11 is 0. The Morgan fingerprint density at radius 2 is 1.82 bits per heavy atom. The number of carbonyl (C=O) groups excluding carboxylic acids is 1. The Morgan fingerprint density at radius 1 is 1.06 bits per heavy atom. The smallest absolute Gasteiger partial charge is 0.223 e. The van der Waals surface area contributed by atoms with Crippen molar-refractivity contribution >= 4 is 22.6 Å². The van der Waals surface area contributed by atoms with Crippen molar-refractivity contribution in [2.24, 2.45) is 23.2 Å². The first-order valence-corrected chi connectivity index (χ1v) is 13.2. The van der Waals surface area contributed by atoms with Crippen LogP contribution in [0.2, 0.25) is 0 Å². The summed E-state index contributed by atoms with van der Waals surface area (Å²) in [6, 6.07) is 8.33. The molecule has 0 radical (unpaired) electrons. The third kappa shape index (κ3) is 5.02. The molecule has 1 atom stereocenters. The van der Waals surface area contributed by atoms with E-state index >= 15 is 0 Å². The fraction of sp³-hybridized carbons (Fsp3) is 0.679. The van der Waals surface area contributed by atoms with Gasteiger partial charge in [0.1, 0.15) is 11.6 Å². The van der Waals surface area contributed by atoms with Gasteiger partial charge < -0.3 is 10.2 Å². The van der Waals surface area contributed by atoms with Crippen molar-refractivity contribution in [1.82, 2.24) is 15.3 Å². The molecule has 178 valence electrons. The molecule has 1 amide bonds. The second-order valence-electron chi connectivity index (χ2n) is 11.2. The number of fused-ring (bicyclic) bond motifs is 1. The Bertz CT molecular complexity index is 973. The highest BCUT2D eigenvalue weighted by atomic mass is 16.1. The SMILES string of the molecule is CN(C)c1nc(CCC2CC23CCC(CNC(=O)C2CCCCC2)CC3)nc2ccccc12. The molecule has 5 rings (SSSR count). The molecule has 1 unspecified atom stereocenters. The van der Waals surface area contributed by atoms with Gasteiger partial charge >= 0.3 is 0 Å². The van der Waals surface area contributed by atoms with Crippen molar-refractivity contribution in [3.63, 3.8) is 0 Å². The maximum atomic E-state index is 12.5. The molecule has 2 aromatic rings. The van der Waals surface area contributed by atoms with Crippen LogP contribution in [0.1, 0.15) is 76.5 Å². The standard InChI is InChI=1S/C28H40N4O/c1-32(2)26-23-10-6-7-11-24(23)30-25(31-26)13-12-22-18-28(22)16-14-20(15-17-28)19-29-27(33)21-8-4-3-5-9-21/h6-7,10-11,20-22H,3-5,8-9,12-19H2,1-2H3,(H,29,33). The van der Waals surface area contributed by atoms with E-state index in [9.17, 15) is 4.79 Å². The van der Waals surface area contributed by atoms with E-state index in [1.807, 2.05) is 0 Å². The predicted octanol–water partition coefficient (Wildman–Crippen LogP) is 5.52. The Kier molecular flexibility index (Phi) is 6.58. The Balaban J connectivity index is 1.09. The summed E-state index contributed by atoms with van der Waals surface area (Å²) in [6.45, 7) is 0.897. The number of carbonyl (C=O) groups is 1. The largest absolute Gasteiger partial charge is 0.362 e. The first-order chi connectivity index (χ1) is 16.0. The minimum absolute atomic E-state index is 0.284. The van der Waals surface area contributed by atoms with Crippen LogP contribution in [-0.2, 0) is 11.2 Å². The van der Waals surface area contributed by atoms with Gasteiger partial charge in [-0.25, -0.2) is 9.97 Å². The third-order valence-corrected chi connectivity index (χ3v) is 8.77. The van der Waals surface area contributed by atoms with Gasteiger partial charge in [-0.2, -0.15) is 0 Å². The number of benzene rings is 1. The summed E-state index contributed by atoms with van der Waals surface area (Å²) in [5.41, 5.74) is 1.62. The molecule has 0 aliphatic heterocycles. The maximum absolute atomic E-state index is 12.5. The maximum Gasteiger partial charge on any atom is 0.223 e. The van der Waals surface area contributed by atoms with Crippen LogP contribution in [0.4, 0.5) is 5.82 Å². The minimum atomic E-state index is 0.284. The Morgan fingerprint density at radius 3 is 2.58 bits per heavy atom. The second kappa shape index (κ2) is 9.60. The zero-order chi connectivity index (χ0) is 22.8. The second-order valence-corrected chi connectivity index (χ2v) is 11.2. The van der Waals surface area contributed by atoms with Crippen molar-refractivity contribution in [2.75, 3.05) is 25.5 Å². The number of para-hydroxylation sites is 1. The van der Waals surface area contributed by atoms with Gasteiger partial charge in [-0.15, -0.1) is 0 Å². The third-order valence-electron chi connectivity index (χ3n) is 8.77. The van der Waals surface area contributed by atoms with Gasteiger partial charge in [0.05, 0.1) is 5.52 Å². The summed E-state index contributed by atoms with van der Waals surface area (Å²) in [5, 5.41) is 4.43. The van der Waals surface area contributed by atoms with E-state index in [0.29, 0.717) is 17.2 Å². The zero-order valence-electron chi connectivity index (χ0n) is 20.5. The topological polar surface area (TPSA) is 58.1 Å². The molecule has 1 spiro atoms. The molecule has 3 aliphatic rings. The van der Waals surface area contributed by atoms with E-state index in [-0.39, 0.29) is 5.92 Å². The van der Waals surface area contributed by atoms with Crippen LogP contribution in [0, 0.1) is 23.2 Å². The molecule has 3 saturated carbocycles. The van der Waals surface area contributed by atoms with Crippen LogP contribution in [0.25, 0.3) is 10.9 Å². The molecule has 1 aromatic heterocycles. The average molecular weight is 449 g/mol. The molecule has 5 heteroatoms. The van der Waals surface area contributed by atoms with Crippen LogP contribution >= 0.6 is 0 Å². The number of aromatic nitrogens is 2. The van der Waals surface area contributed by atoms with Crippen LogP contribution in [-0.4, -0.2) is 36.5 Å². The van der Waals surface area contributed by atoms with Crippen molar-refractivity contribution in [3.05, 3.63) is 30.1 Å². The lowest BCUT2D eigenvalue weighted by atomic mass is 9.78. The first kappa shape index (κ1) is 22.6. The molecule has 3 fully saturated rings. The molecule has 1 aromatic carbocycles. The fourth-order valence-corrected chi connectivity index (χ4v) is 6.53. The van der Waals surface area contributed by atoms with Gasteiger partial charge in [-0.1, -0.05) is 31.4 Å². The monoisotopic (exact) mass is 448 g/mol. The fourth-order valence-electron chi connectivity index (χ4n) is 6.53. The normalized spacial score (nSPS) is 27.6. The molecule has 0 bridgehead atoms. The van der Waals surface area contributed by atoms with Crippen LogP contribution in [0.5, 0.6) is 0 Å². The minimum Gasteiger partial charge on any atom is -0.362 e. The number of nitrogens with one attached hydrogen (secondary N) is 1. The molecule has 0 saturated heterocycles. The average Bonchev–Trinajstić information content (AvgIpc) is 3.53. The highest BCUT2D eigenvalue weighted by Crippen LogP contribution is 2.63. The van der Waals surface area contributed by atoms with Crippen molar-refractivity contribution < 1.29 is 4.79 Å². The van der Waals surface area contributed by atoms with Gasteiger partial charge in [-0.3, -0.25) is 4.79 Å². The Labute approximate surface area is 198 Å². The molecular weight excluding hydrogens is 408 g/mol. The Hall–Kier alpha value is -2.17. The van der Waals surface area contributed by atoms with Crippen molar-refractivity contribution in [2.45, 2.75) is 77.0 Å². The van der Waals surface area contributed by atoms with Crippen LogP contribution < -0.4 is 10.2 Å². The number of amides is 1. The van der Waals surface area contributed by atoms with E-state index in [1.165, 1.54) is 57.8 Å². The van der Waals surface area contributed by atoms with E-state index in [4.69, 9.17) is 9.97 Å². The number of hydrogen-bond donors (Lipinski definition) is 1. The first-order valence-electron chi connectivity index (χ1n) is 13.2. The van der Waals surface area contributed by atoms with Gasteiger partial charge in [0.2, 0.25) is 5.91 Å². The lowest BCUT2D eigenvalue weighted by Gasteiger charge is -2.30. The molecular formula is C28H40N4O. The van der Waals surface area contributed by atoms with Gasteiger partial charge in [-0.05, 0) is 80.8 Å². The predicted molar refractivity (Wildman–Crippen MR) is 134 cm³/mol. The zero-order valence-corrected chi connectivity index (χ0v) is 20.5. The summed E-state index contributed by atoms with van der Waals surface area (Å²) < 4.78 is 0. The number of rotatable bonds is 7. The van der Waals surface area contributed by atoms with E-state index in [0.717, 1.165) is 54.3 Å². The highest BCUT2D eigenvalue weighted by Gasteiger charge is 2.54.